The average molecular weight is 361 g/mol. The molecule has 0 aliphatic rings. The minimum absolute atomic E-state index is 0.211. The molecule has 118 valence electrons. The van der Waals surface area contributed by atoms with Gasteiger partial charge >= 0.3 is 0 Å². The molecule has 0 fully saturated rings. The smallest absolute Gasteiger partial charge is 0.192 e. The molecule has 3 atom stereocenters. The molecule has 0 N–H and O–H groups in total. The molecule has 0 aromatic heterocycles. The molecule has 0 aromatic rings. The van der Waals surface area contributed by atoms with Crippen LogP contribution < -0.4 is 0 Å². The summed E-state index contributed by atoms with van der Waals surface area (Å²) < 4.78 is 6.67. The van der Waals surface area contributed by atoms with Crippen LogP contribution >= 0.6 is 15.9 Å². The van der Waals surface area contributed by atoms with E-state index in [1.165, 1.54) is 5.57 Å². The lowest BCUT2D eigenvalue weighted by Gasteiger charge is -2.42. The Kier molecular flexibility index (Phi) is 8.01. The Bertz CT molecular complexity index is 341. The first-order valence-corrected chi connectivity index (χ1v) is 11.5. The number of hydrogen-bond acceptors (Lipinski definition) is 1. The fourth-order valence-electron chi connectivity index (χ4n) is 1.93. The molecular weight excluding hydrogens is 328 g/mol. The van der Waals surface area contributed by atoms with Crippen molar-refractivity contribution in [3.63, 3.8) is 0 Å². The van der Waals surface area contributed by atoms with E-state index in [2.05, 4.69) is 83.2 Å². The Morgan fingerprint density at radius 1 is 1.25 bits per heavy atom. The first-order chi connectivity index (χ1) is 8.96. The van der Waals surface area contributed by atoms with Gasteiger partial charge in [-0.1, -0.05) is 68.3 Å². The minimum Gasteiger partial charge on any atom is -0.413 e. The summed E-state index contributed by atoms with van der Waals surface area (Å²) in [6.45, 7) is 22.1. The molecular formula is C17H33BrOSi. The van der Waals surface area contributed by atoms with Crippen molar-refractivity contribution in [2.24, 2.45) is 11.8 Å². The number of halogens is 1. The largest absolute Gasteiger partial charge is 0.413 e. The van der Waals surface area contributed by atoms with Gasteiger partial charge in [0.25, 0.3) is 0 Å². The second kappa shape index (κ2) is 7.95. The van der Waals surface area contributed by atoms with Gasteiger partial charge in [-0.25, -0.2) is 0 Å². The summed E-state index contributed by atoms with van der Waals surface area (Å²) in [5, 5.41) is 1.16. The standard InChI is InChI=1S/C17H33BrOSi/c1-10-14(3)16(15(4)11-13(2)12-18)19-20(8,9)17(5,6)7/h10-11,14-16H,1,12H2,2-9H3/t14?,15-,16-/m1/s1. The van der Waals surface area contributed by atoms with E-state index in [9.17, 15) is 0 Å². The van der Waals surface area contributed by atoms with Gasteiger partial charge in [-0.05, 0) is 36.9 Å². The summed E-state index contributed by atoms with van der Waals surface area (Å²) in [5.74, 6) is 0.758. The number of allylic oxidation sites excluding steroid dienone is 1. The quantitative estimate of drug-likeness (QED) is 0.299. The molecule has 0 amide bonds. The highest BCUT2D eigenvalue weighted by molar-refractivity contribution is 9.09. The van der Waals surface area contributed by atoms with Crippen LogP contribution in [0.2, 0.25) is 18.1 Å². The van der Waals surface area contributed by atoms with Crippen LogP contribution in [0.3, 0.4) is 0 Å². The fraction of sp³-hybridized carbons (Fsp3) is 0.765. The lowest BCUT2D eigenvalue weighted by atomic mass is 9.92. The highest BCUT2D eigenvalue weighted by Gasteiger charge is 2.40. The van der Waals surface area contributed by atoms with Crippen molar-refractivity contribution in [1.29, 1.82) is 0 Å². The zero-order valence-electron chi connectivity index (χ0n) is 14.6. The Morgan fingerprint density at radius 2 is 1.75 bits per heavy atom. The first kappa shape index (κ1) is 20.1. The maximum Gasteiger partial charge on any atom is 0.192 e. The van der Waals surface area contributed by atoms with E-state index >= 15 is 0 Å². The van der Waals surface area contributed by atoms with Crippen molar-refractivity contribution >= 4 is 24.2 Å². The Morgan fingerprint density at radius 3 is 2.10 bits per heavy atom. The molecule has 20 heavy (non-hydrogen) atoms. The van der Waals surface area contributed by atoms with E-state index < -0.39 is 8.32 Å². The van der Waals surface area contributed by atoms with Crippen molar-refractivity contribution in [3.05, 3.63) is 24.3 Å². The van der Waals surface area contributed by atoms with Gasteiger partial charge in [0, 0.05) is 5.33 Å². The lowest BCUT2D eigenvalue weighted by molar-refractivity contribution is 0.111. The molecule has 1 unspecified atom stereocenters. The normalized spacial score (nSPS) is 18.6. The van der Waals surface area contributed by atoms with Gasteiger partial charge in [0.1, 0.15) is 0 Å². The molecule has 0 aliphatic heterocycles. The Balaban J connectivity index is 5.24. The maximum atomic E-state index is 6.67. The van der Waals surface area contributed by atoms with Crippen molar-refractivity contribution in [1.82, 2.24) is 0 Å². The summed E-state index contributed by atoms with van der Waals surface area (Å²) in [7, 11) is -1.76. The monoisotopic (exact) mass is 360 g/mol. The SMILES string of the molecule is C=CC(C)[C@@H](O[Si](C)(C)C(C)(C)C)[C@H](C)C=C(C)CBr. The van der Waals surface area contributed by atoms with E-state index in [4.69, 9.17) is 4.43 Å². The molecule has 0 rings (SSSR count). The molecule has 1 nitrogen and oxygen atoms in total. The fourth-order valence-corrected chi connectivity index (χ4v) is 3.58. The number of hydrogen-bond donors (Lipinski definition) is 0. The van der Waals surface area contributed by atoms with Gasteiger partial charge < -0.3 is 4.43 Å². The van der Waals surface area contributed by atoms with E-state index in [1.807, 2.05) is 6.08 Å². The molecule has 0 radical (unpaired) electrons. The molecule has 0 aromatic carbocycles. The molecule has 0 spiro atoms. The van der Waals surface area contributed by atoms with Crippen molar-refractivity contribution in [2.45, 2.75) is 65.8 Å². The van der Waals surface area contributed by atoms with Crippen LogP contribution in [-0.2, 0) is 4.43 Å². The molecule has 0 saturated carbocycles. The maximum absolute atomic E-state index is 6.67. The highest BCUT2D eigenvalue weighted by atomic mass is 79.9. The highest BCUT2D eigenvalue weighted by Crippen LogP contribution is 2.39. The third-order valence-electron chi connectivity index (χ3n) is 4.40. The van der Waals surface area contributed by atoms with Crippen LogP contribution in [0.4, 0.5) is 0 Å². The van der Waals surface area contributed by atoms with Crippen molar-refractivity contribution in [3.8, 4) is 0 Å². The molecule has 0 saturated heterocycles. The minimum atomic E-state index is -1.76. The van der Waals surface area contributed by atoms with Crippen LogP contribution in [0.5, 0.6) is 0 Å². The number of alkyl halides is 1. The third-order valence-corrected chi connectivity index (χ3v) is 9.76. The van der Waals surface area contributed by atoms with Crippen LogP contribution in [0.15, 0.2) is 24.3 Å². The predicted molar refractivity (Wildman–Crippen MR) is 98.1 cm³/mol. The zero-order valence-corrected chi connectivity index (χ0v) is 17.2. The van der Waals surface area contributed by atoms with Crippen molar-refractivity contribution in [2.75, 3.05) is 5.33 Å². The summed E-state index contributed by atoms with van der Waals surface area (Å²) in [5.41, 5.74) is 1.36. The van der Waals surface area contributed by atoms with E-state index in [-0.39, 0.29) is 11.1 Å². The van der Waals surface area contributed by atoms with Gasteiger partial charge in [0.15, 0.2) is 8.32 Å². The zero-order chi connectivity index (χ0) is 16.1. The molecule has 0 aliphatic carbocycles. The van der Waals surface area contributed by atoms with Gasteiger partial charge in [-0.15, -0.1) is 6.58 Å². The van der Waals surface area contributed by atoms with Gasteiger partial charge in [-0.3, -0.25) is 0 Å². The predicted octanol–water partition coefficient (Wildman–Crippen LogP) is 6.18. The first-order valence-electron chi connectivity index (χ1n) is 7.50. The molecule has 3 heteroatoms. The second-order valence-electron chi connectivity index (χ2n) is 7.44. The third kappa shape index (κ3) is 5.86. The molecule has 0 heterocycles. The topological polar surface area (TPSA) is 9.23 Å². The summed E-state index contributed by atoms with van der Waals surface area (Å²) in [6, 6.07) is 0. The van der Waals surface area contributed by atoms with Gasteiger partial charge in [0.2, 0.25) is 0 Å². The molecule has 0 bridgehead atoms. The van der Waals surface area contributed by atoms with E-state index in [0.717, 1.165) is 5.33 Å². The van der Waals surface area contributed by atoms with Crippen molar-refractivity contribution < 1.29 is 4.43 Å². The number of rotatable bonds is 7. The van der Waals surface area contributed by atoms with Crippen LogP contribution in [0.25, 0.3) is 0 Å². The van der Waals surface area contributed by atoms with Gasteiger partial charge in [-0.2, -0.15) is 0 Å². The Hall–Kier alpha value is 0.137. The summed E-state index contributed by atoms with van der Waals surface area (Å²) >= 11 is 3.52. The average Bonchev–Trinajstić information content (AvgIpc) is 2.33. The van der Waals surface area contributed by atoms with Crippen LogP contribution in [-0.4, -0.2) is 19.8 Å². The van der Waals surface area contributed by atoms with Crippen LogP contribution in [0.1, 0.15) is 41.5 Å². The lowest BCUT2D eigenvalue weighted by Crippen LogP contribution is -2.47. The van der Waals surface area contributed by atoms with E-state index in [1.54, 1.807) is 0 Å². The van der Waals surface area contributed by atoms with E-state index in [0.29, 0.717) is 11.8 Å². The Labute approximate surface area is 136 Å². The second-order valence-corrected chi connectivity index (χ2v) is 12.8. The van der Waals surface area contributed by atoms with Gasteiger partial charge in [0.05, 0.1) is 6.10 Å². The summed E-state index contributed by atoms with van der Waals surface area (Å²) in [6.07, 6.45) is 4.56. The van der Waals surface area contributed by atoms with Crippen LogP contribution in [0, 0.1) is 11.8 Å². The summed E-state index contributed by atoms with van der Waals surface area (Å²) in [4.78, 5) is 0.